The van der Waals surface area contributed by atoms with Crippen molar-refractivity contribution in [1.29, 1.82) is 0 Å². The van der Waals surface area contributed by atoms with E-state index >= 15 is 0 Å². The van der Waals surface area contributed by atoms with Crippen LogP contribution in [0.2, 0.25) is 0 Å². The average Bonchev–Trinajstić information content (AvgIpc) is 2.76. The minimum Gasteiger partial charge on any atom is -0.465 e. The molecule has 2 rings (SSSR count). The maximum Gasteiger partial charge on any atom is 0.349 e. The fourth-order valence-electron chi connectivity index (χ4n) is 1.84. The van der Waals surface area contributed by atoms with Gasteiger partial charge in [0.1, 0.15) is 4.88 Å². The first kappa shape index (κ1) is 12.3. The summed E-state index contributed by atoms with van der Waals surface area (Å²) in [7, 11) is 1.37. The van der Waals surface area contributed by atoms with E-state index in [1.807, 2.05) is 0 Å². The summed E-state index contributed by atoms with van der Waals surface area (Å²) in [5.41, 5.74) is 0. The molecule has 17 heavy (non-hydrogen) atoms. The lowest BCUT2D eigenvalue weighted by Gasteiger charge is -2.27. The van der Waals surface area contributed by atoms with Crippen LogP contribution in [0.25, 0.3) is 0 Å². The molecule has 0 bridgehead atoms. The van der Waals surface area contributed by atoms with Crippen LogP contribution in [0.4, 0.5) is 5.13 Å². The summed E-state index contributed by atoms with van der Waals surface area (Å²) in [6.45, 7) is 2.84. The van der Waals surface area contributed by atoms with E-state index in [2.05, 4.69) is 22.0 Å². The molecule has 0 saturated carbocycles. The minimum atomic E-state index is -0.337. The first-order valence-corrected chi connectivity index (χ1v) is 6.43. The molecule has 5 nitrogen and oxygen atoms in total. The van der Waals surface area contributed by atoms with Crippen molar-refractivity contribution in [1.82, 2.24) is 4.98 Å². The Kier molecular flexibility index (Phi) is 3.96. The van der Waals surface area contributed by atoms with Crippen LogP contribution in [0.5, 0.6) is 0 Å². The Bertz CT molecular complexity index is 394. The second-order valence-electron chi connectivity index (χ2n) is 4.07. The average molecular weight is 256 g/mol. The minimum absolute atomic E-state index is 0.279. The molecule has 1 N–H and O–H groups in total. The number of esters is 1. The SMILES string of the molecule is COC(=O)c1cnc(NC2CCOC(C)C2)s1. The summed E-state index contributed by atoms with van der Waals surface area (Å²) in [5, 5.41) is 4.10. The monoisotopic (exact) mass is 256 g/mol. The lowest BCUT2D eigenvalue weighted by molar-refractivity contribution is 0.0232. The molecular formula is C11H16N2O3S. The Labute approximate surface area is 104 Å². The van der Waals surface area contributed by atoms with E-state index < -0.39 is 0 Å². The Morgan fingerprint density at radius 2 is 2.53 bits per heavy atom. The number of hydrogen-bond donors (Lipinski definition) is 1. The molecule has 94 valence electrons. The number of carbonyl (C=O) groups excluding carboxylic acids is 1. The highest BCUT2D eigenvalue weighted by atomic mass is 32.1. The van der Waals surface area contributed by atoms with Crippen LogP contribution in [0.15, 0.2) is 6.20 Å². The number of thiazole rings is 1. The highest BCUT2D eigenvalue weighted by Gasteiger charge is 2.20. The van der Waals surface area contributed by atoms with Crippen molar-refractivity contribution < 1.29 is 14.3 Å². The van der Waals surface area contributed by atoms with Crippen LogP contribution in [0, 0.1) is 0 Å². The van der Waals surface area contributed by atoms with Gasteiger partial charge in [0, 0.05) is 12.6 Å². The highest BCUT2D eigenvalue weighted by Crippen LogP contribution is 2.23. The predicted octanol–water partition coefficient (Wildman–Crippen LogP) is 1.91. The van der Waals surface area contributed by atoms with E-state index in [4.69, 9.17) is 4.74 Å². The number of rotatable bonds is 3. The van der Waals surface area contributed by atoms with Crippen molar-refractivity contribution in [3.05, 3.63) is 11.1 Å². The largest absolute Gasteiger partial charge is 0.465 e. The van der Waals surface area contributed by atoms with Gasteiger partial charge in [-0.05, 0) is 19.8 Å². The van der Waals surface area contributed by atoms with Crippen molar-refractivity contribution >= 4 is 22.4 Å². The standard InChI is InChI=1S/C11H16N2O3S/c1-7-5-8(3-4-16-7)13-11-12-6-9(17-11)10(14)15-2/h6-8H,3-5H2,1-2H3,(H,12,13). The normalized spacial score (nSPS) is 24.4. The van der Waals surface area contributed by atoms with Crippen molar-refractivity contribution in [2.24, 2.45) is 0 Å². The summed E-state index contributed by atoms with van der Waals surface area (Å²) in [6, 6.07) is 0.371. The van der Waals surface area contributed by atoms with Gasteiger partial charge in [-0.25, -0.2) is 9.78 Å². The van der Waals surface area contributed by atoms with Crippen molar-refractivity contribution in [3.8, 4) is 0 Å². The molecule has 1 saturated heterocycles. The van der Waals surface area contributed by atoms with Crippen LogP contribution in [-0.4, -0.2) is 36.8 Å². The van der Waals surface area contributed by atoms with Gasteiger partial charge in [0.05, 0.1) is 19.4 Å². The van der Waals surface area contributed by atoms with Gasteiger partial charge < -0.3 is 14.8 Å². The molecule has 1 aromatic heterocycles. The number of hydrogen-bond acceptors (Lipinski definition) is 6. The Balaban J connectivity index is 1.94. The number of carbonyl (C=O) groups is 1. The first-order chi connectivity index (χ1) is 8.19. The third-order valence-corrected chi connectivity index (χ3v) is 3.61. The molecule has 0 radical (unpaired) electrons. The van der Waals surface area contributed by atoms with Crippen LogP contribution in [-0.2, 0) is 9.47 Å². The molecule has 1 fully saturated rings. The molecule has 0 spiro atoms. The van der Waals surface area contributed by atoms with Crippen LogP contribution < -0.4 is 5.32 Å². The molecule has 1 aliphatic heterocycles. The van der Waals surface area contributed by atoms with Gasteiger partial charge in [0.25, 0.3) is 0 Å². The number of nitrogens with zero attached hydrogens (tertiary/aromatic N) is 1. The molecule has 1 aromatic rings. The van der Waals surface area contributed by atoms with Crippen molar-refractivity contribution in [2.45, 2.75) is 31.9 Å². The van der Waals surface area contributed by atoms with E-state index in [-0.39, 0.29) is 12.1 Å². The number of nitrogens with one attached hydrogen (secondary N) is 1. The molecule has 6 heteroatoms. The smallest absolute Gasteiger partial charge is 0.349 e. The zero-order valence-corrected chi connectivity index (χ0v) is 10.8. The molecule has 2 heterocycles. The van der Waals surface area contributed by atoms with Crippen molar-refractivity contribution in [2.75, 3.05) is 19.0 Å². The van der Waals surface area contributed by atoms with Gasteiger partial charge in [-0.2, -0.15) is 0 Å². The van der Waals surface area contributed by atoms with Crippen LogP contribution >= 0.6 is 11.3 Å². The summed E-state index contributed by atoms with van der Waals surface area (Å²) < 4.78 is 10.1. The van der Waals surface area contributed by atoms with Gasteiger partial charge in [-0.15, -0.1) is 0 Å². The number of aromatic nitrogens is 1. The highest BCUT2D eigenvalue weighted by molar-refractivity contribution is 7.17. The van der Waals surface area contributed by atoms with Gasteiger partial charge in [0.15, 0.2) is 5.13 Å². The lowest BCUT2D eigenvalue weighted by atomic mass is 10.1. The molecule has 0 amide bonds. The van der Waals surface area contributed by atoms with Crippen molar-refractivity contribution in [3.63, 3.8) is 0 Å². The molecule has 2 unspecified atom stereocenters. The second kappa shape index (κ2) is 5.46. The lowest BCUT2D eigenvalue weighted by Crippen LogP contribution is -2.32. The zero-order valence-electron chi connectivity index (χ0n) is 9.93. The zero-order chi connectivity index (χ0) is 12.3. The number of methoxy groups -OCH3 is 1. The second-order valence-corrected chi connectivity index (χ2v) is 5.10. The fourth-order valence-corrected chi connectivity index (χ4v) is 2.65. The van der Waals surface area contributed by atoms with E-state index in [0.717, 1.165) is 24.6 Å². The van der Waals surface area contributed by atoms with E-state index in [1.54, 1.807) is 6.20 Å². The Morgan fingerprint density at radius 3 is 3.24 bits per heavy atom. The maximum absolute atomic E-state index is 11.3. The third-order valence-electron chi connectivity index (χ3n) is 2.70. The van der Waals surface area contributed by atoms with E-state index in [9.17, 15) is 4.79 Å². The summed E-state index contributed by atoms with van der Waals surface area (Å²) in [5.74, 6) is -0.337. The van der Waals surface area contributed by atoms with Gasteiger partial charge >= 0.3 is 5.97 Å². The summed E-state index contributed by atoms with van der Waals surface area (Å²) >= 11 is 1.32. The summed E-state index contributed by atoms with van der Waals surface area (Å²) in [4.78, 5) is 16.0. The topological polar surface area (TPSA) is 60.5 Å². The van der Waals surface area contributed by atoms with Gasteiger partial charge in [-0.3, -0.25) is 0 Å². The van der Waals surface area contributed by atoms with E-state index in [0.29, 0.717) is 10.9 Å². The van der Waals surface area contributed by atoms with Gasteiger partial charge in [-0.1, -0.05) is 11.3 Å². The quantitative estimate of drug-likeness (QED) is 0.837. The first-order valence-electron chi connectivity index (χ1n) is 5.61. The Hall–Kier alpha value is -1.14. The molecule has 0 aliphatic carbocycles. The maximum atomic E-state index is 11.3. The molecule has 1 aliphatic rings. The fraction of sp³-hybridized carbons (Fsp3) is 0.636. The number of anilines is 1. The van der Waals surface area contributed by atoms with E-state index in [1.165, 1.54) is 18.4 Å². The summed E-state index contributed by atoms with van der Waals surface area (Å²) in [6.07, 6.45) is 3.76. The number of ether oxygens (including phenoxy) is 2. The predicted molar refractivity (Wildman–Crippen MR) is 65.5 cm³/mol. The third kappa shape index (κ3) is 3.17. The molecular weight excluding hydrogens is 240 g/mol. The Morgan fingerprint density at radius 1 is 1.71 bits per heavy atom. The van der Waals surface area contributed by atoms with Crippen LogP contribution in [0.1, 0.15) is 29.4 Å². The van der Waals surface area contributed by atoms with Gasteiger partial charge in [0.2, 0.25) is 0 Å². The van der Waals surface area contributed by atoms with Crippen LogP contribution in [0.3, 0.4) is 0 Å². The molecule has 0 aromatic carbocycles. The molecule has 2 atom stereocenters.